The number of hydrogen-bond acceptors (Lipinski definition) is 2. The summed E-state index contributed by atoms with van der Waals surface area (Å²) >= 11 is 0. The van der Waals surface area contributed by atoms with Gasteiger partial charge in [-0.25, -0.2) is 0 Å². The van der Waals surface area contributed by atoms with E-state index < -0.39 is 0 Å². The van der Waals surface area contributed by atoms with Crippen molar-refractivity contribution in [3.05, 3.63) is 0 Å². The highest BCUT2D eigenvalue weighted by Gasteiger charge is 2.12. The van der Waals surface area contributed by atoms with Gasteiger partial charge in [0.05, 0.1) is 0 Å². The quantitative estimate of drug-likeness (QED) is 0.560. The zero-order valence-corrected chi connectivity index (χ0v) is 12.2. The first-order valence-electron chi connectivity index (χ1n) is 7.76. The molecule has 0 aliphatic heterocycles. The molecule has 1 rings (SSSR count). The van der Waals surface area contributed by atoms with Gasteiger partial charge in [0.2, 0.25) is 5.91 Å². The average molecular weight is 254 g/mol. The van der Waals surface area contributed by atoms with E-state index in [1.54, 1.807) is 0 Å². The first-order chi connectivity index (χ1) is 8.77. The molecule has 1 fully saturated rings. The van der Waals surface area contributed by atoms with Crippen molar-refractivity contribution in [2.24, 2.45) is 5.92 Å². The topological polar surface area (TPSA) is 32.3 Å². The summed E-state index contributed by atoms with van der Waals surface area (Å²) in [4.78, 5) is 13.7. The van der Waals surface area contributed by atoms with E-state index in [0.29, 0.717) is 6.42 Å². The van der Waals surface area contributed by atoms with Gasteiger partial charge in [0, 0.05) is 26.1 Å². The molecule has 0 aromatic heterocycles. The number of nitrogens with zero attached hydrogens (tertiary/aromatic N) is 1. The van der Waals surface area contributed by atoms with Crippen LogP contribution in [0.2, 0.25) is 0 Å². The summed E-state index contributed by atoms with van der Waals surface area (Å²) in [7, 11) is 0. The molecular weight excluding hydrogens is 224 g/mol. The maximum absolute atomic E-state index is 11.8. The summed E-state index contributed by atoms with van der Waals surface area (Å²) in [6.07, 6.45) is 9.01. The largest absolute Gasteiger partial charge is 0.343 e. The van der Waals surface area contributed by atoms with Crippen molar-refractivity contribution in [2.75, 3.05) is 26.2 Å². The Morgan fingerprint density at radius 3 is 2.28 bits per heavy atom. The van der Waals surface area contributed by atoms with Gasteiger partial charge in [-0.15, -0.1) is 0 Å². The molecule has 3 nitrogen and oxygen atoms in total. The number of amides is 1. The van der Waals surface area contributed by atoms with Gasteiger partial charge in [-0.1, -0.05) is 25.7 Å². The summed E-state index contributed by atoms with van der Waals surface area (Å²) in [5.74, 6) is 1.13. The first kappa shape index (κ1) is 15.5. The van der Waals surface area contributed by atoms with Crippen molar-refractivity contribution < 1.29 is 4.79 Å². The van der Waals surface area contributed by atoms with Gasteiger partial charge < -0.3 is 10.2 Å². The van der Waals surface area contributed by atoms with E-state index in [4.69, 9.17) is 0 Å². The van der Waals surface area contributed by atoms with Gasteiger partial charge >= 0.3 is 0 Å². The third-order valence-electron chi connectivity index (χ3n) is 4.04. The highest BCUT2D eigenvalue weighted by molar-refractivity contribution is 5.76. The molecule has 1 N–H and O–H groups in total. The van der Waals surface area contributed by atoms with Crippen LogP contribution in [0.15, 0.2) is 0 Å². The van der Waals surface area contributed by atoms with E-state index in [2.05, 4.69) is 5.32 Å². The fraction of sp³-hybridized carbons (Fsp3) is 0.933. The molecule has 106 valence electrons. The van der Waals surface area contributed by atoms with Crippen LogP contribution in [-0.2, 0) is 4.79 Å². The van der Waals surface area contributed by atoms with E-state index in [-0.39, 0.29) is 5.91 Å². The molecule has 0 heterocycles. The Kier molecular flexibility index (Phi) is 8.06. The van der Waals surface area contributed by atoms with Crippen LogP contribution in [-0.4, -0.2) is 37.0 Å². The summed E-state index contributed by atoms with van der Waals surface area (Å²) < 4.78 is 0. The zero-order chi connectivity index (χ0) is 13.2. The minimum Gasteiger partial charge on any atom is -0.343 e. The number of carbonyl (C=O) groups is 1. The molecule has 0 unspecified atom stereocenters. The molecule has 0 bridgehead atoms. The minimum atomic E-state index is 0.286. The Morgan fingerprint density at radius 2 is 1.72 bits per heavy atom. The highest BCUT2D eigenvalue weighted by atomic mass is 16.2. The summed E-state index contributed by atoms with van der Waals surface area (Å²) in [6, 6.07) is 0. The van der Waals surface area contributed by atoms with Gasteiger partial charge in [0.1, 0.15) is 0 Å². The number of nitrogens with one attached hydrogen (secondary N) is 1. The molecule has 0 atom stereocenters. The van der Waals surface area contributed by atoms with Gasteiger partial charge in [0.15, 0.2) is 0 Å². The molecule has 18 heavy (non-hydrogen) atoms. The maximum atomic E-state index is 11.8. The lowest BCUT2D eigenvalue weighted by Crippen LogP contribution is -2.33. The molecule has 0 spiro atoms. The number of hydrogen-bond donors (Lipinski definition) is 1. The molecule has 3 heteroatoms. The Labute approximate surface area is 112 Å². The maximum Gasteiger partial charge on any atom is 0.223 e. The van der Waals surface area contributed by atoms with Crippen molar-refractivity contribution >= 4 is 5.91 Å². The second kappa shape index (κ2) is 9.37. The first-order valence-corrected chi connectivity index (χ1v) is 7.76. The van der Waals surface area contributed by atoms with E-state index in [1.807, 2.05) is 18.7 Å². The van der Waals surface area contributed by atoms with Crippen LogP contribution in [0.4, 0.5) is 0 Å². The van der Waals surface area contributed by atoms with Crippen LogP contribution >= 0.6 is 0 Å². The molecule has 0 saturated heterocycles. The van der Waals surface area contributed by atoms with Crippen molar-refractivity contribution in [1.29, 1.82) is 0 Å². The van der Waals surface area contributed by atoms with Gasteiger partial charge in [-0.05, 0) is 39.2 Å². The predicted octanol–water partition coefficient (Wildman–Crippen LogP) is 2.80. The Bertz CT molecular complexity index is 219. The Hall–Kier alpha value is -0.570. The van der Waals surface area contributed by atoms with Crippen molar-refractivity contribution in [3.63, 3.8) is 0 Å². The van der Waals surface area contributed by atoms with E-state index in [0.717, 1.165) is 32.1 Å². The molecule has 0 aromatic rings. The molecular formula is C15H30N2O. The number of carbonyl (C=O) groups excluding carboxylic acids is 1. The van der Waals surface area contributed by atoms with Crippen LogP contribution < -0.4 is 5.32 Å². The third-order valence-corrected chi connectivity index (χ3v) is 4.04. The van der Waals surface area contributed by atoms with Gasteiger partial charge in [-0.3, -0.25) is 4.79 Å². The molecule has 1 saturated carbocycles. The summed E-state index contributed by atoms with van der Waals surface area (Å²) in [6.45, 7) is 7.69. The van der Waals surface area contributed by atoms with Crippen molar-refractivity contribution in [2.45, 2.75) is 58.8 Å². The van der Waals surface area contributed by atoms with Gasteiger partial charge in [-0.2, -0.15) is 0 Å². The third kappa shape index (κ3) is 5.85. The summed E-state index contributed by atoms with van der Waals surface area (Å²) in [5, 5.41) is 3.47. The van der Waals surface area contributed by atoms with Gasteiger partial charge in [0.25, 0.3) is 0 Å². The van der Waals surface area contributed by atoms with Crippen molar-refractivity contribution in [1.82, 2.24) is 10.2 Å². The molecule has 0 aromatic carbocycles. The SMILES string of the molecule is CCN(CC)C(=O)CCNCC1CCCCCC1. The normalized spacial score (nSPS) is 17.4. The number of rotatable bonds is 7. The monoisotopic (exact) mass is 254 g/mol. The van der Waals surface area contributed by atoms with E-state index in [1.165, 1.54) is 38.5 Å². The van der Waals surface area contributed by atoms with E-state index >= 15 is 0 Å². The van der Waals surface area contributed by atoms with Crippen LogP contribution in [0, 0.1) is 5.92 Å². The molecule has 0 radical (unpaired) electrons. The highest BCUT2D eigenvalue weighted by Crippen LogP contribution is 2.21. The van der Waals surface area contributed by atoms with Crippen LogP contribution in [0.5, 0.6) is 0 Å². The summed E-state index contributed by atoms with van der Waals surface area (Å²) in [5.41, 5.74) is 0. The fourth-order valence-corrected chi connectivity index (χ4v) is 2.80. The van der Waals surface area contributed by atoms with Crippen LogP contribution in [0.3, 0.4) is 0 Å². The standard InChI is InChI=1S/C15H30N2O/c1-3-17(4-2)15(18)11-12-16-13-14-9-7-5-6-8-10-14/h14,16H,3-13H2,1-2H3. The Balaban J connectivity index is 2.08. The smallest absolute Gasteiger partial charge is 0.223 e. The molecule has 1 amide bonds. The zero-order valence-electron chi connectivity index (χ0n) is 12.2. The average Bonchev–Trinajstić information content (AvgIpc) is 2.65. The lowest BCUT2D eigenvalue weighted by molar-refractivity contribution is -0.130. The van der Waals surface area contributed by atoms with E-state index in [9.17, 15) is 4.79 Å². The lowest BCUT2D eigenvalue weighted by Gasteiger charge is -2.19. The second-order valence-corrected chi connectivity index (χ2v) is 5.38. The van der Waals surface area contributed by atoms with Crippen LogP contribution in [0.25, 0.3) is 0 Å². The predicted molar refractivity (Wildman–Crippen MR) is 76.6 cm³/mol. The lowest BCUT2D eigenvalue weighted by atomic mass is 10.0. The second-order valence-electron chi connectivity index (χ2n) is 5.38. The minimum absolute atomic E-state index is 0.286. The van der Waals surface area contributed by atoms with Crippen molar-refractivity contribution in [3.8, 4) is 0 Å². The van der Waals surface area contributed by atoms with Crippen LogP contribution in [0.1, 0.15) is 58.8 Å². The molecule has 1 aliphatic carbocycles. The fourth-order valence-electron chi connectivity index (χ4n) is 2.80. The molecule has 1 aliphatic rings. The Morgan fingerprint density at radius 1 is 1.11 bits per heavy atom.